The van der Waals surface area contributed by atoms with Crippen molar-refractivity contribution in [2.75, 3.05) is 23.9 Å². The summed E-state index contributed by atoms with van der Waals surface area (Å²) in [6, 6.07) is 22.3. The molecule has 0 saturated carbocycles. The van der Waals surface area contributed by atoms with Gasteiger partial charge in [-0.1, -0.05) is 61.5 Å². The minimum Gasteiger partial charge on any atom is -0.354 e. The van der Waals surface area contributed by atoms with Crippen LogP contribution in [0.15, 0.2) is 83.8 Å². The van der Waals surface area contributed by atoms with Gasteiger partial charge in [0.2, 0.25) is 11.8 Å². The van der Waals surface area contributed by atoms with Crippen molar-refractivity contribution in [2.45, 2.75) is 51.5 Å². The summed E-state index contributed by atoms with van der Waals surface area (Å²) in [5.41, 5.74) is 3.35. The molecule has 1 atom stereocenters. The van der Waals surface area contributed by atoms with E-state index in [1.807, 2.05) is 57.2 Å². The minimum absolute atomic E-state index is 0.0931. The van der Waals surface area contributed by atoms with Gasteiger partial charge in [0.15, 0.2) is 0 Å². The van der Waals surface area contributed by atoms with Gasteiger partial charge < -0.3 is 10.2 Å². The second-order valence-electron chi connectivity index (χ2n) is 9.38. The van der Waals surface area contributed by atoms with Crippen LogP contribution in [0, 0.1) is 13.8 Å². The summed E-state index contributed by atoms with van der Waals surface area (Å²) < 4.78 is 28.7. The molecule has 38 heavy (non-hydrogen) atoms. The topological polar surface area (TPSA) is 86.8 Å². The monoisotopic (exact) mass is 535 g/mol. The Morgan fingerprint density at radius 3 is 2.13 bits per heavy atom. The van der Waals surface area contributed by atoms with Crippen LogP contribution < -0.4 is 9.62 Å². The van der Waals surface area contributed by atoms with E-state index in [0.717, 1.165) is 27.4 Å². The molecule has 0 aliphatic carbocycles. The maximum Gasteiger partial charge on any atom is 0.264 e. The predicted molar refractivity (Wildman–Crippen MR) is 152 cm³/mol. The Morgan fingerprint density at radius 1 is 0.895 bits per heavy atom. The summed E-state index contributed by atoms with van der Waals surface area (Å²) in [6.45, 7) is 7.83. The van der Waals surface area contributed by atoms with E-state index in [-0.39, 0.29) is 17.3 Å². The van der Waals surface area contributed by atoms with E-state index in [1.54, 1.807) is 37.3 Å². The van der Waals surface area contributed by atoms with Gasteiger partial charge in [-0.15, -0.1) is 0 Å². The number of nitrogens with zero attached hydrogens (tertiary/aromatic N) is 2. The molecule has 8 heteroatoms. The Hall–Kier alpha value is -3.65. The lowest BCUT2D eigenvalue weighted by Gasteiger charge is -2.32. The molecule has 0 aromatic heterocycles. The van der Waals surface area contributed by atoms with Crippen molar-refractivity contribution in [2.24, 2.45) is 0 Å². The Balaban J connectivity index is 1.97. The summed E-state index contributed by atoms with van der Waals surface area (Å²) in [7, 11) is -4.05. The maximum absolute atomic E-state index is 13.8. The molecule has 0 aliphatic rings. The van der Waals surface area contributed by atoms with E-state index in [2.05, 4.69) is 5.32 Å². The van der Waals surface area contributed by atoms with Crippen molar-refractivity contribution in [3.63, 3.8) is 0 Å². The van der Waals surface area contributed by atoms with Crippen molar-refractivity contribution in [3.05, 3.63) is 95.6 Å². The number of rotatable bonds is 12. The third-order valence-corrected chi connectivity index (χ3v) is 8.38. The van der Waals surface area contributed by atoms with Crippen LogP contribution in [0.3, 0.4) is 0 Å². The fraction of sp³-hybridized carbons (Fsp3) is 0.333. The van der Waals surface area contributed by atoms with Crippen LogP contribution in [0.4, 0.5) is 5.69 Å². The van der Waals surface area contributed by atoms with E-state index in [0.29, 0.717) is 18.7 Å². The summed E-state index contributed by atoms with van der Waals surface area (Å²) in [6.07, 6.45) is 1.30. The molecule has 0 radical (unpaired) electrons. The van der Waals surface area contributed by atoms with Crippen LogP contribution in [0.2, 0.25) is 0 Å². The summed E-state index contributed by atoms with van der Waals surface area (Å²) in [5, 5.41) is 2.86. The lowest BCUT2D eigenvalue weighted by atomic mass is 10.1. The number of carbonyl (C=O) groups excluding carboxylic acids is 2. The van der Waals surface area contributed by atoms with Gasteiger partial charge in [0, 0.05) is 13.1 Å². The van der Waals surface area contributed by atoms with Gasteiger partial charge in [0.1, 0.15) is 12.6 Å². The molecule has 1 N–H and O–H groups in total. The second kappa shape index (κ2) is 13.2. The van der Waals surface area contributed by atoms with Crippen molar-refractivity contribution in [1.29, 1.82) is 0 Å². The molecule has 3 aromatic carbocycles. The number of nitrogens with one attached hydrogen (secondary N) is 1. The van der Waals surface area contributed by atoms with Gasteiger partial charge in [-0.05, 0) is 74.6 Å². The number of hydrogen-bond acceptors (Lipinski definition) is 4. The third-order valence-electron chi connectivity index (χ3n) is 6.59. The van der Waals surface area contributed by atoms with E-state index < -0.39 is 28.5 Å². The molecule has 2 amide bonds. The van der Waals surface area contributed by atoms with Crippen molar-refractivity contribution >= 4 is 27.5 Å². The van der Waals surface area contributed by atoms with E-state index in [9.17, 15) is 18.0 Å². The molecule has 0 bridgehead atoms. The molecule has 202 valence electrons. The molecular weight excluding hydrogens is 498 g/mol. The number of amides is 2. The molecule has 0 saturated heterocycles. The third kappa shape index (κ3) is 7.22. The molecule has 0 spiro atoms. The number of hydrogen-bond donors (Lipinski definition) is 1. The SMILES string of the molecule is CCCNC(=O)[C@H](C)N(CCc1ccccc1)C(=O)CN(c1ccc(C)c(C)c1)S(=O)(=O)c1ccccc1. The number of anilines is 1. The zero-order chi connectivity index (χ0) is 27.7. The van der Waals surface area contributed by atoms with Crippen LogP contribution in [0.25, 0.3) is 0 Å². The van der Waals surface area contributed by atoms with Gasteiger partial charge in [0.25, 0.3) is 10.0 Å². The van der Waals surface area contributed by atoms with Gasteiger partial charge in [-0.2, -0.15) is 0 Å². The first kappa shape index (κ1) is 28.9. The van der Waals surface area contributed by atoms with Gasteiger partial charge in [0.05, 0.1) is 10.6 Å². The van der Waals surface area contributed by atoms with Gasteiger partial charge in [-0.25, -0.2) is 8.42 Å². The minimum atomic E-state index is -4.05. The van der Waals surface area contributed by atoms with E-state index >= 15 is 0 Å². The second-order valence-corrected chi connectivity index (χ2v) is 11.2. The smallest absolute Gasteiger partial charge is 0.264 e. The lowest BCUT2D eigenvalue weighted by Crippen LogP contribution is -2.52. The highest BCUT2D eigenvalue weighted by molar-refractivity contribution is 7.92. The first-order valence-electron chi connectivity index (χ1n) is 12.9. The van der Waals surface area contributed by atoms with Gasteiger partial charge in [-0.3, -0.25) is 13.9 Å². The average Bonchev–Trinajstić information content (AvgIpc) is 2.92. The first-order chi connectivity index (χ1) is 18.1. The average molecular weight is 536 g/mol. The molecule has 0 unspecified atom stereocenters. The number of benzene rings is 3. The Bertz CT molecular complexity index is 1330. The normalized spacial score (nSPS) is 12.0. The number of sulfonamides is 1. The highest BCUT2D eigenvalue weighted by atomic mass is 32.2. The lowest BCUT2D eigenvalue weighted by molar-refractivity contribution is -0.138. The molecule has 0 aliphatic heterocycles. The van der Waals surface area contributed by atoms with Crippen LogP contribution >= 0.6 is 0 Å². The van der Waals surface area contributed by atoms with Crippen molar-refractivity contribution < 1.29 is 18.0 Å². The van der Waals surface area contributed by atoms with Crippen molar-refractivity contribution in [1.82, 2.24) is 10.2 Å². The summed E-state index contributed by atoms with van der Waals surface area (Å²) >= 11 is 0. The van der Waals surface area contributed by atoms with E-state index in [4.69, 9.17) is 0 Å². The molecule has 0 heterocycles. The van der Waals surface area contributed by atoms with Crippen molar-refractivity contribution in [3.8, 4) is 0 Å². The number of carbonyl (C=O) groups is 2. The first-order valence-corrected chi connectivity index (χ1v) is 14.3. The fourth-order valence-corrected chi connectivity index (χ4v) is 5.52. The summed E-state index contributed by atoms with van der Waals surface area (Å²) in [5.74, 6) is -0.713. The molecule has 3 rings (SSSR count). The highest BCUT2D eigenvalue weighted by Gasteiger charge is 2.32. The Morgan fingerprint density at radius 2 is 1.53 bits per heavy atom. The van der Waals surface area contributed by atoms with Gasteiger partial charge >= 0.3 is 0 Å². The predicted octanol–water partition coefficient (Wildman–Crippen LogP) is 4.48. The zero-order valence-electron chi connectivity index (χ0n) is 22.6. The summed E-state index contributed by atoms with van der Waals surface area (Å²) in [4.78, 5) is 28.3. The van der Waals surface area contributed by atoms with E-state index in [1.165, 1.54) is 17.0 Å². The molecule has 0 fully saturated rings. The standard InChI is InChI=1S/C30H37N3O4S/c1-5-19-31-30(35)25(4)32(20-18-26-12-8-6-9-13-26)29(34)22-33(27-17-16-23(2)24(3)21-27)38(36,37)28-14-10-7-11-15-28/h6-17,21,25H,5,18-20,22H2,1-4H3,(H,31,35)/t25-/m0/s1. The largest absolute Gasteiger partial charge is 0.354 e. The van der Waals surface area contributed by atoms with Crippen LogP contribution in [-0.4, -0.2) is 50.8 Å². The zero-order valence-corrected chi connectivity index (χ0v) is 23.4. The Kier molecular flexibility index (Phi) is 10.1. The number of aryl methyl sites for hydroxylation is 2. The quantitative estimate of drug-likeness (QED) is 0.370. The molecule has 7 nitrogen and oxygen atoms in total. The molecular formula is C30H37N3O4S. The van der Waals surface area contributed by atoms with Crippen LogP contribution in [-0.2, 0) is 26.0 Å². The maximum atomic E-state index is 13.8. The van der Waals surface area contributed by atoms with Crippen LogP contribution in [0.1, 0.15) is 37.0 Å². The van der Waals surface area contributed by atoms with Crippen LogP contribution in [0.5, 0.6) is 0 Å². The fourth-order valence-electron chi connectivity index (χ4n) is 4.10. The Labute approximate surface area is 226 Å². The highest BCUT2D eigenvalue weighted by Crippen LogP contribution is 2.26. The molecule has 3 aromatic rings.